The summed E-state index contributed by atoms with van der Waals surface area (Å²) in [5.74, 6) is 5.00. The zero-order chi connectivity index (χ0) is 23.7. The van der Waals surface area contributed by atoms with Gasteiger partial charge in [-0.3, -0.25) is 4.79 Å². The van der Waals surface area contributed by atoms with Crippen LogP contribution in [-0.2, 0) is 0 Å². The van der Waals surface area contributed by atoms with Crippen LogP contribution in [0.25, 0.3) is 11.0 Å². The van der Waals surface area contributed by atoms with E-state index in [2.05, 4.69) is 21.6 Å². The van der Waals surface area contributed by atoms with E-state index < -0.39 is 37.1 Å². The van der Waals surface area contributed by atoms with Gasteiger partial charge in [-0.25, -0.2) is 4.98 Å². The van der Waals surface area contributed by atoms with Crippen molar-refractivity contribution in [1.82, 2.24) is 14.5 Å². The van der Waals surface area contributed by atoms with Gasteiger partial charge in [-0.05, 0) is 31.2 Å². The third-order valence-corrected chi connectivity index (χ3v) is 5.44. The molecule has 0 saturated carbocycles. The number of imidazole rings is 1. The Labute approximate surface area is 174 Å². The summed E-state index contributed by atoms with van der Waals surface area (Å²) in [5, 5.41) is 0. The fraction of sp³-hybridized carbons (Fsp3) is 0.273. The molecule has 1 amide bonds. The molecule has 1 aromatic heterocycles. The Bertz CT molecular complexity index is 1370. The molecule has 5 rings (SSSR count). The summed E-state index contributed by atoms with van der Waals surface area (Å²) in [7, 11) is 0. The van der Waals surface area contributed by atoms with E-state index in [9.17, 15) is 18.0 Å². The first kappa shape index (κ1) is 15.4. The molecule has 0 fully saturated rings. The average Bonchev–Trinajstić information content (AvgIpc) is 3.19. The van der Waals surface area contributed by atoms with Gasteiger partial charge in [0, 0.05) is 40.3 Å². The molecule has 152 valence electrons. The predicted molar refractivity (Wildman–Crippen MR) is 103 cm³/mol. The number of rotatable bonds is 1. The number of aromatic nitrogens is 2. The van der Waals surface area contributed by atoms with Gasteiger partial charge >= 0.3 is 6.36 Å². The van der Waals surface area contributed by atoms with Crippen molar-refractivity contribution in [3.8, 4) is 17.6 Å². The largest absolute Gasteiger partial charge is 0.573 e. The number of hydrogen-bond acceptors (Lipinski definition) is 3. The van der Waals surface area contributed by atoms with Gasteiger partial charge in [-0.15, -0.1) is 19.1 Å². The number of fused-ring (bicyclic) bond motifs is 9. The van der Waals surface area contributed by atoms with Gasteiger partial charge < -0.3 is 14.2 Å². The van der Waals surface area contributed by atoms with Crippen molar-refractivity contribution in [2.24, 2.45) is 0 Å². The van der Waals surface area contributed by atoms with E-state index in [0.717, 1.165) is 11.0 Å². The molecule has 5 nitrogen and oxygen atoms in total. The number of carbonyl (C=O) groups is 1. The third-order valence-electron chi connectivity index (χ3n) is 5.44. The molecule has 3 heterocycles. The van der Waals surface area contributed by atoms with Gasteiger partial charge in [0.2, 0.25) is 0 Å². The molecular formula is C22H16F3N3O2. The summed E-state index contributed by atoms with van der Waals surface area (Å²) >= 11 is 0. The predicted octanol–water partition coefficient (Wildman–Crippen LogP) is 4.43. The molecule has 2 atom stereocenters. The van der Waals surface area contributed by atoms with Gasteiger partial charge in [0.25, 0.3) is 5.91 Å². The lowest BCUT2D eigenvalue weighted by molar-refractivity contribution is -0.274. The van der Waals surface area contributed by atoms with E-state index in [0.29, 0.717) is 28.0 Å². The second-order valence-electron chi connectivity index (χ2n) is 7.12. The molecule has 0 saturated heterocycles. The van der Waals surface area contributed by atoms with E-state index in [1.165, 1.54) is 12.1 Å². The molecule has 0 aliphatic carbocycles. The fourth-order valence-electron chi connectivity index (χ4n) is 4.37. The van der Waals surface area contributed by atoms with Crippen LogP contribution in [0, 0.1) is 11.8 Å². The zero-order valence-corrected chi connectivity index (χ0v) is 15.6. The van der Waals surface area contributed by atoms with Crippen molar-refractivity contribution >= 4 is 16.9 Å². The maximum atomic E-state index is 13.4. The summed E-state index contributed by atoms with van der Waals surface area (Å²) in [5.41, 5.74) is 2.01. The molecule has 30 heavy (non-hydrogen) atoms. The number of hydrogen-bond donors (Lipinski definition) is 0. The van der Waals surface area contributed by atoms with E-state index >= 15 is 0 Å². The molecule has 3 aromatic rings. The highest BCUT2D eigenvalue weighted by Crippen LogP contribution is 2.48. The third kappa shape index (κ3) is 2.65. The number of amides is 1. The maximum absolute atomic E-state index is 13.4. The van der Waals surface area contributed by atoms with Gasteiger partial charge in [-0.1, -0.05) is 12.0 Å². The molecule has 0 unspecified atom stereocenters. The van der Waals surface area contributed by atoms with E-state index in [1.807, 2.05) is 0 Å². The van der Waals surface area contributed by atoms with E-state index in [4.69, 9.17) is 4.11 Å². The Morgan fingerprint density at radius 3 is 2.83 bits per heavy atom. The normalized spacial score (nSPS) is 21.7. The van der Waals surface area contributed by atoms with Crippen molar-refractivity contribution in [3.05, 3.63) is 58.9 Å². The van der Waals surface area contributed by atoms with E-state index in [-0.39, 0.29) is 12.0 Å². The SMILES string of the molecule is [2H]C([2H])([2H])N1C(=O)c2cccc(C#CC)c2[C@H]2C[C@@H]1c1nc3ccc(OC(F)(F)F)cc3n12. The minimum Gasteiger partial charge on any atom is -0.406 e. The Balaban J connectivity index is 1.81. The van der Waals surface area contributed by atoms with Crippen molar-refractivity contribution in [1.29, 1.82) is 0 Å². The van der Waals surface area contributed by atoms with Crippen LogP contribution in [0.1, 0.15) is 56.8 Å². The number of alkyl halides is 3. The number of nitrogens with zero attached hydrogens (tertiary/aromatic N) is 3. The van der Waals surface area contributed by atoms with E-state index in [1.54, 1.807) is 29.7 Å². The summed E-state index contributed by atoms with van der Waals surface area (Å²) in [4.78, 5) is 18.7. The lowest BCUT2D eigenvalue weighted by atomic mass is 9.93. The Morgan fingerprint density at radius 2 is 2.10 bits per heavy atom. The van der Waals surface area contributed by atoms with Crippen LogP contribution in [0.4, 0.5) is 13.2 Å². The lowest BCUT2D eigenvalue weighted by Crippen LogP contribution is -2.30. The Morgan fingerprint density at radius 1 is 1.27 bits per heavy atom. The Hall–Kier alpha value is -3.47. The Kier molecular flexibility index (Phi) is 3.21. The summed E-state index contributed by atoms with van der Waals surface area (Å²) in [6.45, 7) is -1.11. The molecule has 0 N–H and O–H groups in total. The quantitative estimate of drug-likeness (QED) is 0.554. The lowest BCUT2D eigenvalue weighted by Gasteiger charge is -2.24. The van der Waals surface area contributed by atoms with Gasteiger partial charge in [0.05, 0.1) is 23.1 Å². The molecule has 2 bridgehead atoms. The molecule has 2 aliphatic rings. The van der Waals surface area contributed by atoms with Gasteiger partial charge in [-0.2, -0.15) is 0 Å². The number of benzene rings is 2. The van der Waals surface area contributed by atoms with Crippen LogP contribution >= 0.6 is 0 Å². The van der Waals surface area contributed by atoms with Gasteiger partial charge in [0.1, 0.15) is 11.6 Å². The van der Waals surface area contributed by atoms with Crippen LogP contribution in [-0.4, -0.2) is 33.7 Å². The number of ether oxygens (including phenoxy) is 1. The summed E-state index contributed by atoms with van der Waals surface area (Å²) in [6, 6.07) is 7.25. The molecule has 0 spiro atoms. The second-order valence-corrected chi connectivity index (χ2v) is 7.12. The monoisotopic (exact) mass is 414 g/mol. The summed E-state index contributed by atoms with van der Waals surface area (Å²) < 4.78 is 68.3. The van der Waals surface area contributed by atoms with Crippen LogP contribution in [0.5, 0.6) is 5.75 Å². The minimum atomic E-state index is -4.87. The van der Waals surface area contributed by atoms with Crippen LogP contribution in [0.2, 0.25) is 0 Å². The average molecular weight is 414 g/mol. The number of halogens is 3. The summed E-state index contributed by atoms with van der Waals surface area (Å²) in [6.07, 6.45) is -4.65. The van der Waals surface area contributed by atoms with Gasteiger partial charge in [0.15, 0.2) is 0 Å². The first-order valence-corrected chi connectivity index (χ1v) is 9.16. The topological polar surface area (TPSA) is 47.4 Å². The maximum Gasteiger partial charge on any atom is 0.573 e. The molecule has 2 aliphatic heterocycles. The second kappa shape index (κ2) is 6.26. The minimum absolute atomic E-state index is 0.203. The fourth-order valence-corrected chi connectivity index (χ4v) is 4.37. The molecular weight excluding hydrogens is 395 g/mol. The molecule has 0 radical (unpaired) electrons. The smallest absolute Gasteiger partial charge is 0.406 e. The van der Waals surface area contributed by atoms with Crippen LogP contribution < -0.4 is 4.74 Å². The number of carbonyl (C=O) groups excluding carboxylic acids is 1. The van der Waals surface area contributed by atoms with Crippen molar-refractivity contribution < 1.29 is 26.8 Å². The molecule has 8 heteroatoms. The zero-order valence-electron chi connectivity index (χ0n) is 18.6. The van der Waals surface area contributed by atoms with Crippen molar-refractivity contribution in [2.45, 2.75) is 31.8 Å². The standard InChI is InChI=1S/C22H16F3N3O2/c1-3-5-12-6-4-7-14-19(12)17-11-18(27(2)21(14)29)20-26-15-9-8-13(30-22(23,24)25)10-16(15)28(17)20/h4,6-10,17-18H,11H2,1-2H3/t17-,18-/m1/s1/i2D3. The van der Waals surface area contributed by atoms with Crippen molar-refractivity contribution in [3.63, 3.8) is 0 Å². The highest BCUT2D eigenvalue weighted by atomic mass is 19.4. The van der Waals surface area contributed by atoms with Crippen LogP contribution in [0.15, 0.2) is 36.4 Å². The first-order chi connectivity index (χ1) is 15.5. The highest BCUT2D eigenvalue weighted by molar-refractivity contribution is 5.97. The van der Waals surface area contributed by atoms with Crippen LogP contribution in [0.3, 0.4) is 0 Å². The van der Waals surface area contributed by atoms with Crippen molar-refractivity contribution in [2.75, 3.05) is 6.98 Å². The highest BCUT2D eigenvalue weighted by Gasteiger charge is 2.44. The first-order valence-electron chi connectivity index (χ1n) is 10.7. The molecule has 2 aromatic carbocycles.